The van der Waals surface area contributed by atoms with Gasteiger partial charge < -0.3 is 0 Å². The lowest BCUT2D eigenvalue weighted by Crippen LogP contribution is -1.99. The number of rotatable bonds is 5. The van der Waals surface area contributed by atoms with E-state index in [1.54, 1.807) is 24.2 Å². The van der Waals surface area contributed by atoms with Gasteiger partial charge in [-0.05, 0) is 12.1 Å². The molecule has 3 heteroatoms. The molecule has 0 amide bonds. The Labute approximate surface area is 105 Å². The van der Waals surface area contributed by atoms with E-state index in [9.17, 15) is 4.79 Å². The summed E-state index contributed by atoms with van der Waals surface area (Å²) in [5, 5.41) is 0. The van der Waals surface area contributed by atoms with Gasteiger partial charge in [0.25, 0.3) is 0 Å². The Morgan fingerprint density at radius 2 is 1.76 bits per heavy atom. The zero-order valence-corrected chi connectivity index (χ0v) is 10.2. The van der Waals surface area contributed by atoms with Gasteiger partial charge in [-0.2, -0.15) is 0 Å². The van der Waals surface area contributed by atoms with Crippen LogP contribution in [0.2, 0.25) is 0 Å². The van der Waals surface area contributed by atoms with Gasteiger partial charge in [-0.1, -0.05) is 30.3 Å². The summed E-state index contributed by atoms with van der Waals surface area (Å²) in [4.78, 5) is 16.9. The molecule has 0 spiro atoms. The van der Waals surface area contributed by atoms with Crippen LogP contribution in [0.4, 0.5) is 0 Å². The molecule has 0 aliphatic carbocycles. The summed E-state index contributed by atoms with van der Waals surface area (Å²) < 4.78 is 0. The number of carbonyl (C=O) groups is 1. The molecule has 17 heavy (non-hydrogen) atoms. The number of carbonyl (C=O) groups excluding carboxylic acids is 1. The highest BCUT2D eigenvalue weighted by Crippen LogP contribution is 2.18. The predicted molar refractivity (Wildman–Crippen MR) is 70.4 cm³/mol. The number of pyridine rings is 1. The van der Waals surface area contributed by atoms with Crippen LogP contribution in [0.5, 0.6) is 0 Å². The Kier molecular flexibility index (Phi) is 4.33. The van der Waals surface area contributed by atoms with Gasteiger partial charge in [0, 0.05) is 35.0 Å². The molecule has 0 unspecified atom stereocenters. The van der Waals surface area contributed by atoms with Crippen LogP contribution in [0.3, 0.4) is 0 Å². The van der Waals surface area contributed by atoms with E-state index < -0.39 is 0 Å². The minimum Gasteiger partial charge on any atom is -0.294 e. The van der Waals surface area contributed by atoms with E-state index in [1.165, 1.54) is 0 Å². The first-order valence-corrected chi connectivity index (χ1v) is 6.46. The minimum absolute atomic E-state index is 0.201. The summed E-state index contributed by atoms with van der Waals surface area (Å²) in [5.41, 5.74) is 0.794. The van der Waals surface area contributed by atoms with E-state index in [0.29, 0.717) is 6.42 Å². The Morgan fingerprint density at radius 3 is 2.47 bits per heavy atom. The average Bonchev–Trinajstić information content (AvgIpc) is 2.41. The zero-order valence-electron chi connectivity index (χ0n) is 9.37. The Morgan fingerprint density at radius 1 is 1.06 bits per heavy atom. The Hall–Kier alpha value is -1.61. The van der Waals surface area contributed by atoms with Crippen LogP contribution >= 0.6 is 11.8 Å². The van der Waals surface area contributed by atoms with Crippen molar-refractivity contribution in [3.05, 3.63) is 60.4 Å². The molecule has 0 N–H and O–H groups in total. The van der Waals surface area contributed by atoms with Crippen LogP contribution in [0.25, 0.3) is 0 Å². The van der Waals surface area contributed by atoms with Gasteiger partial charge in [-0.3, -0.25) is 9.78 Å². The molecule has 2 aromatic rings. The lowest BCUT2D eigenvalue weighted by molar-refractivity contribution is 0.0989. The molecule has 86 valence electrons. The molecule has 0 saturated heterocycles. The minimum atomic E-state index is 0.201. The maximum atomic E-state index is 11.8. The molecule has 1 heterocycles. The summed E-state index contributed by atoms with van der Waals surface area (Å²) in [6.07, 6.45) is 4.10. The first-order chi connectivity index (χ1) is 8.36. The van der Waals surface area contributed by atoms with Crippen LogP contribution in [0.15, 0.2) is 59.8 Å². The number of nitrogens with zero attached hydrogens (tertiary/aromatic N) is 1. The van der Waals surface area contributed by atoms with Gasteiger partial charge in [0.05, 0.1) is 0 Å². The fourth-order valence-electron chi connectivity index (χ4n) is 1.46. The third kappa shape index (κ3) is 3.71. The first-order valence-electron chi connectivity index (χ1n) is 5.47. The molecule has 0 aliphatic rings. The SMILES string of the molecule is O=C(CCSc1ccncc1)c1ccccc1. The molecule has 2 nitrogen and oxygen atoms in total. The van der Waals surface area contributed by atoms with Gasteiger partial charge in [0.15, 0.2) is 5.78 Å². The van der Waals surface area contributed by atoms with E-state index >= 15 is 0 Å². The molecular formula is C14H13NOS. The lowest BCUT2D eigenvalue weighted by Gasteiger charge is -2.01. The predicted octanol–water partition coefficient (Wildman–Crippen LogP) is 3.45. The molecule has 0 saturated carbocycles. The topological polar surface area (TPSA) is 30.0 Å². The highest BCUT2D eigenvalue weighted by Gasteiger charge is 2.04. The molecular weight excluding hydrogens is 230 g/mol. The van der Waals surface area contributed by atoms with Gasteiger partial charge in [0.2, 0.25) is 0 Å². The van der Waals surface area contributed by atoms with Crippen molar-refractivity contribution in [2.45, 2.75) is 11.3 Å². The fraction of sp³-hybridized carbons (Fsp3) is 0.143. The molecule has 1 aromatic heterocycles. The average molecular weight is 243 g/mol. The maximum absolute atomic E-state index is 11.8. The van der Waals surface area contributed by atoms with Crippen LogP contribution in [0, 0.1) is 0 Å². The Balaban J connectivity index is 1.82. The van der Waals surface area contributed by atoms with Crippen LogP contribution in [0.1, 0.15) is 16.8 Å². The third-order valence-electron chi connectivity index (χ3n) is 2.34. The van der Waals surface area contributed by atoms with Crippen molar-refractivity contribution in [3.63, 3.8) is 0 Å². The fourth-order valence-corrected chi connectivity index (χ4v) is 2.30. The summed E-state index contributed by atoms with van der Waals surface area (Å²) in [6.45, 7) is 0. The maximum Gasteiger partial charge on any atom is 0.163 e. The van der Waals surface area contributed by atoms with Crippen LogP contribution in [-0.4, -0.2) is 16.5 Å². The van der Waals surface area contributed by atoms with Crippen LogP contribution in [-0.2, 0) is 0 Å². The standard InChI is InChI=1S/C14H13NOS/c16-14(12-4-2-1-3-5-12)8-11-17-13-6-9-15-10-7-13/h1-7,9-10H,8,11H2. The van der Waals surface area contributed by atoms with Crippen molar-refractivity contribution >= 4 is 17.5 Å². The summed E-state index contributed by atoms with van der Waals surface area (Å²) in [5.74, 6) is 1.00. The van der Waals surface area contributed by atoms with E-state index in [0.717, 1.165) is 16.2 Å². The molecule has 0 bridgehead atoms. The Bertz CT molecular complexity index is 470. The smallest absolute Gasteiger partial charge is 0.163 e. The highest BCUT2D eigenvalue weighted by molar-refractivity contribution is 7.99. The second-order valence-corrected chi connectivity index (χ2v) is 4.74. The number of hydrogen-bond acceptors (Lipinski definition) is 3. The van der Waals surface area contributed by atoms with Gasteiger partial charge in [0.1, 0.15) is 0 Å². The number of Topliss-reactive ketones (excluding diaryl/α,β-unsaturated/α-hetero) is 1. The monoisotopic (exact) mass is 243 g/mol. The first kappa shape index (κ1) is 11.9. The number of hydrogen-bond donors (Lipinski definition) is 0. The molecule has 0 atom stereocenters. The number of ketones is 1. The largest absolute Gasteiger partial charge is 0.294 e. The van der Waals surface area contributed by atoms with E-state index in [-0.39, 0.29) is 5.78 Å². The third-order valence-corrected chi connectivity index (χ3v) is 3.36. The summed E-state index contributed by atoms with van der Waals surface area (Å²) >= 11 is 1.68. The van der Waals surface area contributed by atoms with Gasteiger partial charge in [-0.25, -0.2) is 0 Å². The van der Waals surface area contributed by atoms with E-state index in [4.69, 9.17) is 0 Å². The van der Waals surface area contributed by atoms with Crippen LogP contribution < -0.4 is 0 Å². The molecule has 0 radical (unpaired) electrons. The van der Waals surface area contributed by atoms with Gasteiger partial charge >= 0.3 is 0 Å². The van der Waals surface area contributed by atoms with Crippen molar-refractivity contribution in [2.24, 2.45) is 0 Å². The number of benzene rings is 1. The van der Waals surface area contributed by atoms with Crippen molar-refractivity contribution < 1.29 is 4.79 Å². The normalized spacial score (nSPS) is 10.1. The summed E-state index contributed by atoms with van der Waals surface area (Å²) in [7, 11) is 0. The second kappa shape index (κ2) is 6.21. The van der Waals surface area contributed by atoms with E-state index in [2.05, 4.69) is 4.98 Å². The van der Waals surface area contributed by atoms with Crippen molar-refractivity contribution in [1.29, 1.82) is 0 Å². The van der Waals surface area contributed by atoms with Crippen molar-refractivity contribution in [3.8, 4) is 0 Å². The zero-order chi connectivity index (χ0) is 11.9. The molecule has 0 fully saturated rings. The quantitative estimate of drug-likeness (QED) is 0.595. The van der Waals surface area contributed by atoms with Crippen molar-refractivity contribution in [2.75, 3.05) is 5.75 Å². The highest BCUT2D eigenvalue weighted by atomic mass is 32.2. The lowest BCUT2D eigenvalue weighted by atomic mass is 10.1. The number of aromatic nitrogens is 1. The number of thioether (sulfide) groups is 1. The summed E-state index contributed by atoms with van der Waals surface area (Å²) in [6, 6.07) is 13.3. The van der Waals surface area contributed by atoms with Crippen molar-refractivity contribution in [1.82, 2.24) is 4.98 Å². The molecule has 2 rings (SSSR count). The molecule has 1 aromatic carbocycles. The van der Waals surface area contributed by atoms with E-state index in [1.807, 2.05) is 42.5 Å². The van der Waals surface area contributed by atoms with Gasteiger partial charge in [-0.15, -0.1) is 11.8 Å². The molecule has 0 aliphatic heterocycles. The second-order valence-electron chi connectivity index (χ2n) is 3.57.